The average molecular weight is 252 g/mol. The summed E-state index contributed by atoms with van der Waals surface area (Å²) in [7, 11) is 0. The molecule has 0 aliphatic carbocycles. The third-order valence-electron chi connectivity index (χ3n) is 2.43. The second kappa shape index (κ2) is 7.53. The first-order chi connectivity index (χ1) is 8.67. The molecule has 0 aliphatic rings. The number of nitro benzene ring substituents is 1. The van der Waals surface area contributed by atoms with Crippen molar-refractivity contribution in [2.45, 2.75) is 33.1 Å². The first-order valence-corrected chi connectivity index (χ1v) is 6.33. The zero-order valence-electron chi connectivity index (χ0n) is 10.9. The van der Waals surface area contributed by atoms with Crippen LogP contribution in [0, 0.1) is 10.1 Å². The molecule has 0 radical (unpaired) electrons. The van der Waals surface area contributed by atoms with E-state index in [1.54, 1.807) is 6.07 Å². The van der Waals surface area contributed by atoms with Crippen LogP contribution >= 0.6 is 0 Å². The maximum Gasteiger partial charge on any atom is 0.275 e. The van der Waals surface area contributed by atoms with Crippen LogP contribution in [0.25, 0.3) is 0 Å². The second-order valence-electron chi connectivity index (χ2n) is 4.10. The smallest absolute Gasteiger partial charge is 0.275 e. The number of nitro groups is 1. The van der Waals surface area contributed by atoms with Crippen LogP contribution in [-0.2, 0) is 0 Å². The summed E-state index contributed by atoms with van der Waals surface area (Å²) in [5.74, 6) is 0.546. The third kappa shape index (κ3) is 4.61. The number of hydrogen-bond acceptors (Lipinski definition) is 4. The van der Waals surface area contributed by atoms with Gasteiger partial charge in [-0.2, -0.15) is 0 Å². The zero-order chi connectivity index (χ0) is 13.4. The van der Waals surface area contributed by atoms with Gasteiger partial charge in [0.15, 0.2) is 0 Å². The van der Waals surface area contributed by atoms with E-state index in [0.717, 1.165) is 31.5 Å². The lowest BCUT2D eigenvalue weighted by molar-refractivity contribution is -0.384. The maximum atomic E-state index is 10.8. The molecule has 1 aromatic rings. The van der Waals surface area contributed by atoms with Crippen molar-refractivity contribution in [3.8, 4) is 5.75 Å². The molecule has 5 heteroatoms. The van der Waals surface area contributed by atoms with Gasteiger partial charge in [-0.1, -0.05) is 20.3 Å². The van der Waals surface area contributed by atoms with Crippen LogP contribution in [-0.4, -0.2) is 18.1 Å². The Morgan fingerprint density at radius 1 is 1.28 bits per heavy atom. The molecule has 0 amide bonds. The minimum Gasteiger partial charge on any atom is -0.493 e. The molecule has 1 rings (SSSR count). The van der Waals surface area contributed by atoms with E-state index in [2.05, 4.69) is 12.2 Å². The van der Waals surface area contributed by atoms with Gasteiger partial charge in [-0.05, 0) is 12.8 Å². The number of rotatable bonds is 8. The SMILES string of the molecule is CCCCNc1cc(OCCC)cc([N+](=O)[O-])c1. The summed E-state index contributed by atoms with van der Waals surface area (Å²) in [5.41, 5.74) is 0.798. The molecule has 5 nitrogen and oxygen atoms in total. The number of non-ortho nitro benzene ring substituents is 1. The number of nitrogens with zero attached hydrogens (tertiary/aromatic N) is 1. The molecule has 1 N–H and O–H groups in total. The normalized spacial score (nSPS) is 10.1. The van der Waals surface area contributed by atoms with Gasteiger partial charge in [-0.25, -0.2) is 0 Å². The molecule has 0 saturated heterocycles. The summed E-state index contributed by atoms with van der Waals surface area (Å²) >= 11 is 0. The molecule has 0 saturated carbocycles. The van der Waals surface area contributed by atoms with Crippen molar-refractivity contribution >= 4 is 11.4 Å². The lowest BCUT2D eigenvalue weighted by Gasteiger charge is -2.09. The maximum absolute atomic E-state index is 10.8. The quantitative estimate of drug-likeness (QED) is 0.436. The highest BCUT2D eigenvalue weighted by molar-refractivity contribution is 5.56. The van der Waals surface area contributed by atoms with Crippen LogP contribution < -0.4 is 10.1 Å². The van der Waals surface area contributed by atoms with Crippen molar-refractivity contribution in [2.24, 2.45) is 0 Å². The van der Waals surface area contributed by atoms with Gasteiger partial charge < -0.3 is 10.1 Å². The Morgan fingerprint density at radius 2 is 2.06 bits per heavy atom. The van der Waals surface area contributed by atoms with Gasteiger partial charge in [0.25, 0.3) is 5.69 Å². The fourth-order valence-corrected chi connectivity index (χ4v) is 1.50. The van der Waals surface area contributed by atoms with Gasteiger partial charge in [-0.15, -0.1) is 0 Å². The van der Waals surface area contributed by atoms with Crippen molar-refractivity contribution in [1.82, 2.24) is 0 Å². The van der Waals surface area contributed by atoms with Crippen LogP contribution in [0.1, 0.15) is 33.1 Å². The molecule has 0 fully saturated rings. The van der Waals surface area contributed by atoms with Gasteiger partial charge in [0, 0.05) is 24.4 Å². The molecule has 1 aromatic carbocycles. The highest BCUT2D eigenvalue weighted by atomic mass is 16.6. The Balaban J connectivity index is 2.80. The topological polar surface area (TPSA) is 64.4 Å². The van der Waals surface area contributed by atoms with E-state index in [4.69, 9.17) is 4.74 Å². The van der Waals surface area contributed by atoms with E-state index in [0.29, 0.717) is 12.4 Å². The first-order valence-electron chi connectivity index (χ1n) is 6.33. The van der Waals surface area contributed by atoms with Gasteiger partial charge in [-0.3, -0.25) is 10.1 Å². The number of benzene rings is 1. The summed E-state index contributed by atoms with van der Waals surface area (Å²) < 4.78 is 5.45. The Labute approximate surface area is 107 Å². The second-order valence-corrected chi connectivity index (χ2v) is 4.10. The van der Waals surface area contributed by atoms with Gasteiger partial charge >= 0.3 is 0 Å². The van der Waals surface area contributed by atoms with E-state index < -0.39 is 4.92 Å². The molecule has 0 heterocycles. The van der Waals surface area contributed by atoms with Crippen molar-refractivity contribution in [3.05, 3.63) is 28.3 Å². The van der Waals surface area contributed by atoms with Gasteiger partial charge in [0.05, 0.1) is 17.6 Å². The van der Waals surface area contributed by atoms with Crippen LogP contribution in [0.2, 0.25) is 0 Å². The zero-order valence-corrected chi connectivity index (χ0v) is 10.9. The molecule has 100 valence electrons. The van der Waals surface area contributed by atoms with E-state index >= 15 is 0 Å². The Kier molecular flexibility index (Phi) is 5.97. The fraction of sp³-hybridized carbons (Fsp3) is 0.538. The van der Waals surface area contributed by atoms with Crippen LogP contribution in [0.5, 0.6) is 5.75 Å². The minimum atomic E-state index is -0.399. The predicted molar refractivity (Wildman–Crippen MR) is 72.3 cm³/mol. The molecule has 0 aliphatic heterocycles. The number of unbranched alkanes of at least 4 members (excludes halogenated alkanes) is 1. The van der Waals surface area contributed by atoms with Gasteiger partial charge in [0.1, 0.15) is 5.75 Å². The first kappa shape index (κ1) is 14.3. The van der Waals surface area contributed by atoms with Crippen molar-refractivity contribution < 1.29 is 9.66 Å². The van der Waals surface area contributed by atoms with Crippen molar-refractivity contribution in [1.29, 1.82) is 0 Å². The number of anilines is 1. The summed E-state index contributed by atoms with van der Waals surface area (Å²) in [6.07, 6.45) is 3.00. The molecule has 18 heavy (non-hydrogen) atoms. The standard InChI is InChI=1S/C13H20N2O3/c1-3-5-6-14-11-8-12(15(16)17)10-13(9-11)18-7-4-2/h8-10,14H,3-7H2,1-2H3. The summed E-state index contributed by atoms with van der Waals surface area (Å²) in [4.78, 5) is 10.4. The summed E-state index contributed by atoms with van der Waals surface area (Å²) in [5, 5.41) is 14.0. The van der Waals surface area contributed by atoms with Crippen molar-refractivity contribution in [2.75, 3.05) is 18.5 Å². The molecule has 0 aromatic heterocycles. The molecular formula is C13H20N2O3. The van der Waals surface area contributed by atoms with Crippen LogP contribution in [0.3, 0.4) is 0 Å². The van der Waals surface area contributed by atoms with Crippen molar-refractivity contribution in [3.63, 3.8) is 0 Å². The van der Waals surface area contributed by atoms with E-state index in [-0.39, 0.29) is 5.69 Å². The molecule has 0 spiro atoms. The molecular weight excluding hydrogens is 232 g/mol. The van der Waals surface area contributed by atoms with Crippen LogP contribution in [0.15, 0.2) is 18.2 Å². The number of hydrogen-bond donors (Lipinski definition) is 1. The Bertz CT molecular complexity index is 394. The molecule has 0 atom stereocenters. The Morgan fingerprint density at radius 3 is 2.67 bits per heavy atom. The lowest BCUT2D eigenvalue weighted by atomic mass is 10.2. The van der Waals surface area contributed by atoms with E-state index in [9.17, 15) is 10.1 Å². The summed E-state index contributed by atoms with van der Waals surface area (Å²) in [6.45, 7) is 5.48. The number of ether oxygens (including phenoxy) is 1. The predicted octanol–water partition coefficient (Wildman–Crippen LogP) is 3.60. The largest absolute Gasteiger partial charge is 0.493 e. The van der Waals surface area contributed by atoms with E-state index in [1.807, 2.05) is 6.92 Å². The van der Waals surface area contributed by atoms with Gasteiger partial charge in [0.2, 0.25) is 0 Å². The summed E-state index contributed by atoms with van der Waals surface area (Å²) in [6, 6.07) is 4.80. The lowest BCUT2D eigenvalue weighted by Crippen LogP contribution is -2.03. The average Bonchev–Trinajstić information content (AvgIpc) is 2.36. The van der Waals surface area contributed by atoms with E-state index in [1.165, 1.54) is 12.1 Å². The monoisotopic (exact) mass is 252 g/mol. The van der Waals surface area contributed by atoms with Crippen LogP contribution in [0.4, 0.5) is 11.4 Å². The molecule has 0 bridgehead atoms. The third-order valence-corrected chi connectivity index (χ3v) is 2.43. The highest BCUT2D eigenvalue weighted by Crippen LogP contribution is 2.26. The number of nitrogens with one attached hydrogen (secondary N) is 1. The minimum absolute atomic E-state index is 0.0580. The highest BCUT2D eigenvalue weighted by Gasteiger charge is 2.10. The Hall–Kier alpha value is -1.78. The molecule has 0 unspecified atom stereocenters. The fourth-order valence-electron chi connectivity index (χ4n) is 1.50.